The van der Waals surface area contributed by atoms with Gasteiger partial charge in [0.15, 0.2) is 0 Å². The smallest absolute Gasteiger partial charge is 0.319 e. The SMILES string of the molecule is NC(=O)CNC(=O)c1ccc(CNC(=O)Nc2ccc(Cl)c(Cl)c2)cc1. The van der Waals surface area contributed by atoms with Crippen LogP contribution < -0.4 is 21.7 Å². The minimum atomic E-state index is -0.618. The van der Waals surface area contributed by atoms with Crippen LogP contribution >= 0.6 is 23.2 Å². The molecule has 136 valence electrons. The van der Waals surface area contributed by atoms with Crippen LogP contribution in [0.2, 0.25) is 10.0 Å². The van der Waals surface area contributed by atoms with E-state index in [0.717, 1.165) is 5.56 Å². The normalized spacial score (nSPS) is 10.1. The summed E-state index contributed by atoms with van der Waals surface area (Å²) in [5.41, 5.74) is 6.66. The Morgan fingerprint density at radius 3 is 2.23 bits per heavy atom. The molecule has 5 N–H and O–H groups in total. The maximum absolute atomic E-state index is 11.9. The van der Waals surface area contributed by atoms with Gasteiger partial charge in [0, 0.05) is 17.8 Å². The fourth-order valence-electron chi connectivity index (χ4n) is 1.97. The predicted octanol–water partition coefficient (Wildman–Crippen LogP) is 2.53. The number of urea groups is 1. The van der Waals surface area contributed by atoms with E-state index < -0.39 is 17.8 Å². The molecule has 0 aliphatic carbocycles. The van der Waals surface area contributed by atoms with E-state index in [1.807, 2.05) is 0 Å². The van der Waals surface area contributed by atoms with Crippen LogP contribution in [0.15, 0.2) is 42.5 Å². The Kier molecular flexibility index (Phi) is 6.82. The van der Waals surface area contributed by atoms with Crippen LogP contribution in [0.5, 0.6) is 0 Å². The van der Waals surface area contributed by atoms with Gasteiger partial charge in [-0.3, -0.25) is 9.59 Å². The van der Waals surface area contributed by atoms with Gasteiger partial charge in [0.1, 0.15) is 0 Å². The molecular formula is C17H16Cl2N4O3. The molecular weight excluding hydrogens is 379 g/mol. The molecule has 0 aliphatic rings. The second-order valence-corrected chi connectivity index (χ2v) is 6.10. The first kappa shape index (κ1) is 19.6. The van der Waals surface area contributed by atoms with Crippen LogP contribution in [0.25, 0.3) is 0 Å². The molecule has 2 aromatic carbocycles. The number of halogens is 2. The molecule has 4 amide bonds. The first-order valence-electron chi connectivity index (χ1n) is 7.50. The Labute approximate surface area is 159 Å². The summed E-state index contributed by atoms with van der Waals surface area (Å²) in [6.07, 6.45) is 0. The van der Waals surface area contributed by atoms with Gasteiger partial charge < -0.3 is 21.7 Å². The number of nitrogens with two attached hydrogens (primary N) is 1. The molecule has 2 rings (SSSR count). The zero-order chi connectivity index (χ0) is 19.1. The molecule has 0 aliphatic heterocycles. The first-order valence-corrected chi connectivity index (χ1v) is 8.26. The molecule has 0 radical (unpaired) electrons. The molecule has 0 saturated heterocycles. The van der Waals surface area contributed by atoms with Gasteiger partial charge in [-0.25, -0.2) is 4.79 Å². The highest BCUT2D eigenvalue weighted by Gasteiger charge is 2.07. The van der Waals surface area contributed by atoms with Crippen molar-refractivity contribution in [3.8, 4) is 0 Å². The summed E-state index contributed by atoms with van der Waals surface area (Å²) in [6, 6.07) is 10.9. The van der Waals surface area contributed by atoms with E-state index in [4.69, 9.17) is 28.9 Å². The molecule has 0 heterocycles. The number of carbonyl (C=O) groups excluding carboxylic acids is 3. The van der Waals surface area contributed by atoms with Gasteiger partial charge in [-0.2, -0.15) is 0 Å². The summed E-state index contributed by atoms with van der Waals surface area (Å²) in [7, 11) is 0. The van der Waals surface area contributed by atoms with E-state index in [1.54, 1.807) is 42.5 Å². The molecule has 9 heteroatoms. The summed E-state index contributed by atoms with van der Waals surface area (Å²) in [4.78, 5) is 34.3. The monoisotopic (exact) mass is 394 g/mol. The maximum atomic E-state index is 11.9. The maximum Gasteiger partial charge on any atom is 0.319 e. The Balaban J connectivity index is 1.85. The zero-order valence-electron chi connectivity index (χ0n) is 13.5. The third kappa shape index (κ3) is 5.94. The molecule has 26 heavy (non-hydrogen) atoms. The van der Waals surface area contributed by atoms with Crippen molar-refractivity contribution in [2.45, 2.75) is 6.54 Å². The van der Waals surface area contributed by atoms with Crippen molar-refractivity contribution >= 4 is 46.7 Å². The van der Waals surface area contributed by atoms with Crippen LogP contribution in [0, 0.1) is 0 Å². The number of amides is 4. The fourth-order valence-corrected chi connectivity index (χ4v) is 2.27. The Hall–Kier alpha value is -2.77. The fraction of sp³-hybridized carbons (Fsp3) is 0.118. The van der Waals surface area contributed by atoms with E-state index in [-0.39, 0.29) is 13.1 Å². The number of primary amides is 1. The third-order valence-electron chi connectivity index (χ3n) is 3.27. The van der Waals surface area contributed by atoms with Gasteiger partial charge in [-0.1, -0.05) is 35.3 Å². The third-order valence-corrected chi connectivity index (χ3v) is 4.01. The van der Waals surface area contributed by atoms with E-state index >= 15 is 0 Å². The molecule has 0 bridgehead atoms. The lowest BCUT2D eigenvalue weighted by Crippen LogP contribution is -2.33. The van der Waals surface area contributed by atoms with Gasteiger partial charge in [0.05, 0.1) is 16.6 Å². The van der Waals surface area contributed by atoms with Crippen molar-refractivity contribution in [1.82, 2.24) is 10.6 Å². The van der Waals surface area contributed by atoms with Crippen molar-refractivity contribution < 1.29 is 14.4 Å². The van der Waals surface area contributed by atoms with E-state index in [2.05, 4.69) is 16.0 Å². The average molecular weight is 395 g/mol. The van der Waals surface area contributed by atoms with Crippen LogP contribution in [0.1, 0.15) is 15.9 Å². The van der Waals surface area contributed by atoms with Gasteiger partial charge in [-0.05, 0) is 35.9 Å². The summed E-state index contributed by atoms with van der Waals surface area (Å²) in [5.74, 6) is -1.02. The summed E-state index contributed by atoms with van der Waals surface area (Å²) >= 11 is 11.7. The molecule has 0 aromatic heterocycles. The highest BCUT2D eigenvalue weighted by atomic mass is 35.5. The van der Waals surface area contributed by atoms with Crippen molar-refractivity contribution in [2.75, 3.05) is 11.9 Å². The lowest BCUT2D eigenvalue weighted by molar-refractivity contribution is -0.117. The molecule has 2 aromatic rings. The second kappa shape index (κ2) is 9.07. The van der Waals surface area contributed by atoms with Gasteiger partial charge in [0.25, 0.3) is 5.91 Å². The molecule has 0 unspecified atom stereocenters. The molecule has 0 fully saturated rings. The summed E-state index contributed by atoms with van der Waals surface area (Å²) < 4.78 is 0. The first-order chi connectivity index (χ1) is 12.3. The van der Waals surface area contributed by atoms with Gasteiger partial charge >= 0.3 is 6.03 Å². The molecule has 7 nitrogen and oxygen atoms in total. The van der Waals surface area contributed by atoms with Gasteiger partial charge in [-0.15, -0.1) is 0 Å². The van der Waals surface area contributed by atoms with E-state index in [9.17, 15) is 14.4 Å². The minimum Gasteiger partial charge on any atom is -0.368 e. The zero-order valence-corrected chi connectivity index (χ0v) is 15.0. The topological polar surface area (TPSA) is 113 Å². The van der Waals surface area contributed by atoms with Crippen LogP contribution in [-0.2, 0) is 11.3 Å². The molecule has 0 saturated carbocycles. The quantitative estimate of drug-likeness (QED) is 0.603. The second-order valence-electron chi connectivity index (χ2n) is 5.28. The number of hydrogen-bond donors (Lipinski definition) is 4. The molecule has 0 spiro atoms. The van der Waals surface area contributed by atoms with Crippen molar-refractivity contribution in [1.29, 1.82) is 0 Å². The van der Waals surface area contributed by atoms with Crippen molar-refractivity contribution in [2.24, 2.45) is 5.73 Å². The van der Waals surface area contributed by atoms with Crippen molar-refractivity contribution in [3.05, 3.63) is 63.6 Å². The lowest BCUT2D eigenvalue weighted by atomic mass is 10.1. The number of nitrogens with one attached hydrogen (secondary N) is 3. The predicted molar refractivity (Wildman–Crippen MR) is 100 cm³/mol. The Bertz CT molecular complexity index is 825. The number of anilines is 1. The van der Waals surface area contributed by atoms with Crippen LogP contribution in [0.3, 0.4) is 0 Å². The summed E-state index contributed by atoms with van der Waals surface area (Å²) in [6.45, 7) is 0.0351. The van der Waals surface area contributed by atoms with E-state index in [0.29, 0.717) is 21.3 Å². The van der Waals surface area contributed by atoms with Crippen LogP contribution in [0.4, 0.5) is 10.5 Å². The number of rotatable bonds is 6. The molecule has 0 atom stereocenters. The lowest BCUT2D eigenvalue weighted by Gasteiger charge is -2.09. The highest BCUT2D eigenvalue weighted by Crippen LogP contribution is 2.24. The number of hydrogen-bond acceptors (Lipinski definition) is 3. The van der Waals surface area contributed by atoms with Gasteiger partial charge in [0.2, 0.25) is 5.91 Å². The van der Waals surface area contributed by atoms with E-state index in [1.165, 1.54) is 0 Å². The van der Waals surface area contributed by atoms with Crippen LogP contribution in [-0.4, -0.2) is 24.4 Å². The number of benzene rings is 2. The summed E-state index contributed by atoms with van der Waals surface area (Å²) in [5, 5.41) is 8.45. The Morgan fingerprint density at radius 1 is 0.923 bits per heavy atom. The standard InChI is InChI=1S/C17H16Cl2N4O3/c18-13-6-5-12(7-14(13)19)23-17(26)22-8-10-1-3-11(4-2-10)16(25)21-9-15(20)24/h1-7H,8-9H2,(H2,20,24)(H,21,25)(H2,22,23,26). The number of carbonyl (C=O) groups is 3. The van der Waals surface area contributed by atoms with Crippen molar-refractivity contribution in [3.63, 3.8) is 0 Å². The Morgan fingerprint density at radius 2 is 1.62 bits per heavy atom. The minimum absolute atomic E-state index is 0.225. The largest absolute Gasteiger partial charge is 0.368 e. The highest BCUT2D eigenvalue weighted by molar-refractivity contribution is 6.42. The average Bonchev–Trinajstić information content (AvgIpc) is 2.61.